The summed E-state index contributed by atoms with van der Waals surface area (Å²) >= 11 is 0. The highest BCUT2D eigenvalue weighted by Crippen LogP contribution is 2.00. The third-order valence-corrected chi connectivity index (χ3v) is 1.21. The predicted molar refractivity (Wildman–Crippen MR) is 39.9 cm³/mol. The molecular weight excluding hydrogens is 130 g/mol. The minimum atomic E-state index is -0.892. The summed E-state index contributed by atoms with van der Waals surface area (Å²) in [5.41, 5.74) is 0.287. The van der Waals surface area contributed by atoms with Crippen molar-refractivity contribution in [1.29, 1.82) is 0 Å². The Morgan fingerprint density at radius 1 is 1.70 bits per heavy atom. The highest BCUT2D eigenvalue weighted by atomic mass is 16.4. The molecule has 0 aromatic heterocycles. The molecule has 0 aromatic carbocycles. The number of hydrogen-bond donors (Lipinski definition) is 2. The number of carbonyl (C=O) groups is 1. The maximum atomic E-state index is 10.2. The Morgan fingerprint density at radius 3 is 2.70 bits per heavy atom. The summed E-state index contributed by atoms with van der Waals surface area (Å²) in [5.74, 6) is -0.892. The van der Waals surface area contributed by atoms with Crippen molar-refractivity contribution >= 4 is 5.97 Å². The lowest BCUT2D eigenvalue weighted by Crippen LogP contribution is -2.09. The first-order valence-electron chi connectivity index (χ1n) is 3.24. The van der Waals surface area contributed by atoms with Crippen LogP contribution >= 0.6 is 0 Å². The topological polar surface area (TPSA) is 49.3 Å². The minimum Gasteiger partial charge on any atom is -0.478 e. The molecule has 3 heteroatoms. The lowest BCUT2D eigenvalue weighted by atomic mass is 10.2. The summed E-state index contributed by atoms with van der Waals surface area (Å²) in [6.07, 6.45) is 1.40. The summed E-state index contributed by atoms with van der Waals surface area (Å²) < 4.78 is 0. The Kier molecular flexibility index (Phi) is 4.58. The Morgan fingerprint density at radius 2 is 2.30 bits per heavy atom. The van der Waals surface area contributed by atoms with Gasteiger partial charge >= 0.3 is 5.97 Å². The van der Waals surface area contributed by atoms with Crippen LogP contribution in [0, 0.1) is 0 Å². The Balaban J connectivity index is 3.31. The molecule has 0 saturated carbocycles. The number of hydrogen-bond acceptors (Lipinski definition) is 2. The molecule has 0 amide bonds. The second-order valence-electron chi connectivity index (χ2n) is 2.12. The normalized spacial score (nSPS) is 9.30. The Bertz CT molecular complexity index is 132. The van der Waals surface area contributed by atoms with Gasteiger partial charge in [0.1, 0.15) is 0 Å². The molecule has 10 heavy (non-hydrogen) atoms. The zero-order valence-corrected chi connectivity index (χ0v) is 6.18. The number of rotatable bonds is 5. The Labute approximate surface area is 60.7 Å². The van der Waals surface area contributed by atoms with Gasteiger partial charge in [0.15, 0.2) is 0 Å². The van der Waals surface area contributed by atoms with E-state index in [-0.39, 0.29) is 5.57 Å². The summed E-state index contributed by atoms with van der Waals surface area (Å²) in [7, 11) is 1.84. The third-order valence-electron chi connectivity index (χ3n) is 1.21. The first kappa shape index (κ1) is 9.17. The number of aliphatic carboxylic acids is 1. The maximum absolute atomic E-state index is 10.2. The van der Waals surface area contributed by atoms with E-state index in [0.717, 1.165) is 13.0 Å². The van der Waals surface area contributed by atoms with E-state index in [2.05, 4.69) is 11.9 Å². The maximum Gasteiger partial charge on any atom is 0.330 e. The average Bonchev–Trinajstić information content (AvgIpc) is 1.88. The molecule has 0 aromatic rings. The van der Waals surface area contributed by atoms with E-state index < -0.39 is 5.97 Å². The van der Waals surface area contributed by atoms with Gasteiger partial charge in [0.2, 0.25) is 0 Å². The lowest BCUT2D eigenvalue weighted by molar-refractivity contribution is -0.132. The molecule has 58 valence electrons. The lowest BCUT2D eigenvalue weighted by Gasteiger charge is -1.98. The quantitative estimate of drug-likeness (QED) is 0.438. The molecular formula is C7H13NO2. The molecule has 0 spiro atoms. The van der Waals surface area contributed by atoms with Crippen LogP contribution in [0.15, 0.2) is 12.2 Å². The van der Waals surface area contributed by atoms with Crippen LogP contribution in [0.2, 0.25) is 0 Å². The van der Waals surface area contributed by atoms with Gasteiger partial charge in [-0.1, -0.05) is 6.58 Å². The van der Waals surface area contributed by atoms with Crippen LogP contribution in [0.3, 0.4) is 0 Å². The smallest absolute Gasteiger partial charge is 0.330 e. The molecule has 0 heterocycles. The van der Waals surface area contributed by atoms with E-state index in [9.17, 15) is 4.79 Å². The standard InChI is InChI=1S/C7H13NO2/c1-6(7(9)10)4-3-5-8-2/h8H,1,3-5H2,2H3,(H,9,10). The van der Waals surface area contributed by atoms with Crippen LogP contribution in [0.25, 0.3) is 0 Å². The van der Waals surface area contributed by atoms with Gasteiger partial charge in [-0.3, -0.25) is 0 Å². The second kappa shape index (κ2) is 4.99. The molecule has 2 N–H and O–H groups in total. The summed E-state index contributed by atoms with van der Waals surface area (Å²) in [6.45, 7) is 4.24. The molecule has 0 bridgehead atoms. The zero-order chi connectivity index (χ0) is 7.98. The van der Waals surface area contributed by atoms with Crippen LogP contribution in [0.5, 0.6) is 0 Å². The number of nitrogens with one attached hydrogen (secondary N) is 1. The zero-order valence-electron chi connectivity index (χ0n) is 6.18. The first-order valence-corrected chi connectivity index (χ1v) is 3.24. The third kappa shape index (κ3) is 4.09. The van der Waals surface area contributed by atoms with Crippen LogP contribution < -0.4 is 5.32 Å². The van der Waals surface area contributed by atoms with Gasteiger partial charge in [0.25, 0.3) is 0 Å². The van der Waals surface area contributed by atoms with Crippen LogP contribution in [0.1, 0.15) is 12.8 Å². The number of carboxylic acids is 1. The molecule has 0 aliphatic carbocycles. The molecule has 0 radical (unpaired) electrons. The molecule has 0 unspecified atom stereocenters. The van der Waals surface area contributed by atoms with Crippen molar-refractivity contribution < 1.29 is 9.90 Å². The average molecular weight is 143 g/mol. The summed E-state index contributed by atoms with van der Waals surface area (Å²) in [5, 5.41) is 11.3. The monoisotopic (exact) mass is 143 g/mol. The van der Waals surface area contributed by atoms with E-state index in [1.807, 2.05) is 7.05 Å². The van der Waals surface area contributed by atoms with Crippen molar-refractivity contribution in [2.75, 3.05) is 13.6 Å². The second-order valence-corrected chi connectivity index (χ2v) is 2.12. The van der Waals surface area contributed by atoms with Crippen molar-refractivity contribution in [2.45, 2.75) is 12.8 Å². The summed E-state index contributed by atoms with van der Waals surface area (Å²) in [6, 6.07) is 0. The molecule has 0 aliphatic heterocycles. The van der Waals surface area contributed by atoms with E-state index in [1.165, 1.54) is 0 Å². The largest absolute Gasteiger partial charge is 0.478 e. The van der Waals surface area contributed by atoms with E-state index >= 15 is 0 Å². The van der Waals surface area contributed by atoms with Gasteiger partial charge in [0, 0.05) is 5.57 Å². The van der Waals surface area contributed by atoms with Crippen LogP contribution in [-0.4, -0.2) is 24.7 Å². The number of carboxylic acid groups (broad SMARTS) is 1. The SMILES string of the molecule is C=C(CCCNC)C(=O)O. The van der Waals surface area contributed by atoms with Gasteiger partial charge in [-0.15, -0.1) is 0 Å². The van der Waals surface area contributed by atoms with E-state index in [0.29, 0.717) is 6.42 Å². The Hall–Kier alpha value is -0.830. The van der Waals surface area contributed by atoms with Gasteiger partial charge in [-0.05, 0) is 26.4 Å². The van der Waals surface area contributed by atoms with Crippen molar-refractivity contribution in [1.82, 2.24) is 5.32 Å². The molecule has 0 saturated heterocycles. The molecule has 3 nitrogen and oxygen atoms in total. The predicted octanol–water partition coefficient (Wildman–Crippen LogP) is 0.627. The van der Waals surface area contributed by atoms with Gasteiger partial charge in [-0.2, -0.15) is 0 Å². The van der Waals surface area contributed by atoms with Gasteiger partial charge in [0.05, 0.1) is 0 Å². The molecule has 0 rings (SSSR count). The first-order chi connectivity index (χ1) is 4.68. The van der Waals surface area contributed by atoms with Gasteiger partial charge in [-0.25, -0.2) is 4.79 Å². The molecule has 0 fully saturated rings. The van der Waals surface area contributed by atoms with Crippen molar-refractivity contribution in [2.24, 2.45) is 0 Å². The molecule has 0 aliphatic rings. The van der Waals surface area contributed by atoms with Gasteiger partial charge < -0.3 is 10.4 Å². The van der Waals surface area contributed by atoms with Crippen molar-refractivity contribution in [3.05, 3.63) is 12.2 Å². The molecule has 0 atom stereocenters. The van der Waals surface area contributed by atoms with E-state index in [1.54, 1.807) is 0 Å². The van der Waals surface area contributed by atoms with E-state index in [4.69, 9.17) is 5.11 Å². The highest BCUT2D eigenvalue weighted by Gasteiger charge is 2.01. The highest BCUT2D eigenvalue weighted by molar-refractivity contribution is 5.85. The fourth-order valence-electron chi connectivity index (χ4n) is 0.585. The van der Waals surface area contributed by atoms with Crippen molar-refractivity contribution in [3.63, 3.8) is 0 Å². The fraction of sp³-hybridized carbons (Fsp3) is 0.571. The minimum absolute atomic E-state index is 0.287. The fourth-order valence-corrected chi connectivity index (χ4v) is 0.585. The van der Waals surface area contributed by atoms with Crippen molar-refractivity contribution in [3.8, 4) is 0 Å². The summed E-state index contributed by atoms with van der Waals surface area (Å²) in [4.78, 5) is 10.2. The van der Waals surface area contributed by atoms with Crippen LogP contribution in [0.4, 0.5) is 0 Å². The van der Waals surface area contributed by atoms with Crippen LogP contribution in [-0.2, 0) is 4.79 Å².